The van der Waals surface area contributed by atoms with Gasteiger partial charge < -0.3 is 24.4 Å². The number of rotatable bonds is 8. The summed E-state index contributed by atoms with van der Waals surface area (Å²) < 4.78 is 56.0. The Labute approximate surface area is 204 Å². The molecule has 2 saturated heterocycles. The van der Waals surface area contributed by atoms with Crippen LogP contribution in [0.3, 0.4) is 0 Å². The van der Waals surface area contributed by atoms with Crippen molar-refractivity contribution in [1.82, 2.24) is 10.2 Å². The maximum atomic E-state index is 13.1. The largest absolute Gasteiger partial charge is 0.416 e. The first-order chi connectivity index (χ1) is 15.0. The van der Waals surface area contributed by atoms with Gasteiger partial charge in [0.05, 0.1) is 31.9 Å². The predicted octanol–water partition coefficient (Wildman–Crippen LogP) is 4.11. The monoisotopic (exact) mass is 571 g/mol. The van der Waals surface area contributed by atoms with Crippen LogP contribution >= 0.6 is 24.0 Å². The normalized spacial score (nSPS) is 22.0. The number of morpholine rings is 1. The summed E-state index contributed by atoms with van der Waals surface area (Å²) >= 11 is 0. The van der Waals surface area contributed by atoms with E-state index in [9.17, 15) is 13.2 Å². The fraction of sp³-hybridized carbons (Fsp3) is 0.682. The molecule has 0 spiro atoms. The number of hydrogen-bond donors (Lipinski definition) is 1. The lowest BCUT2D eigenvalue weighted by atomic mass is 10.0. The van der Waals surface area contributed by atoms with E-state index in [1.165, 1.54) is 12.1 Å². The minimum Gasteiger partial charge on any atom is -0.381 e. The molecule has 32 heavy (non-hydrogen) atoms. The van der Waals surface area contributed by atoms with E-state index in [0.717, 1.165) is 44.7 Å². The third-order valence-electron chi connectivity index (χ3n) is 5.37. The van der Waals surface area contributed by atoms with E-state index in [-0.39, 0.29) is 24.0 Å². The predicted molar refractivity (Wildman–Crippen MR) is 127 cm³/mol. The van der Waals surface area contributed by atoms with Crippen LogP contribution in [0.4, 0.5) is 13.2 Å². The van der Waals surface area contributed by atoms with Gasteiger partial charge in [-0.1, -0.05) is 12.1 Å². The van der Waals surface area contributed by atoms with Gasteiger partial charge in [-0.05, 0) is 37.5 Å². The molecule has 182 valence electrons. The molecule has 0 aromatic heterocycles. The number of nitrogens with zero attached hydrogens (tertiary/aromatic N) is 2. The minimum absolute atomic E-state index is 0. The smallest absolute Gasteiger partial charge is 0.381 e. The van der Waals surface area contributed by atoms with Crippen molar-refractivity contribution < 1.29 is 27.4 Å². The maximum Gasteiger partial charge on any atom is 0.416 e. The average molecular weight is 571 g/mol. The quantitative estimate of drug-likeness (QED) is 0.221. The molecule has 2 aliphatic rings. The zero-order valence-electron chi connectivity index (χ0n) is 18.4. The van der Waals surface area contributed by atoms with Crippen molar-refractivity contribution in [3.8, 4) is 0 Å². The van der Waals surface area contributed by atoms with Gasteiger partial charge in [-0.25, -0.2) is 0 Å². The number of aliphatic imine (C=N–C) groups is 1. The first-order valence-corrected chi connectivity index (χ1v) is 10.9. The van der Waals surface area contributed by atoms with Crippen molar-refractivity contribution in [2.75, 3.05) is 59.2 Å². The fourth-order valence-corrected chi connectivity index (χ4v) is 3.70. The summed E-state index contributed by atoms with van der Waals surface area (Å²) in [5, 5.41) is 3.28. The Balaban J connectivity index is 0.00000363. The van der Waals surface area contributed by atoms with Crippen LogP contribution in [0.25, 0.3) is 0 Å². The molecule has 2 unspecified atom stereocenters. The summed E-state index contributed by atoms with van der Waals surface area (Å²) in [5.74, 6) is 1.26. The van der Waals surface area contributed by atoms with E-state index >= 15 is 0 Å². The second-order valence-corrected chi connectivity index (χ2v) is 7.82. The third kappa shape index (κ3) is 8.35. The number of benzene rings is 1. The van der Waals surface area contributed by atoms with Crippen LogP contribution in [0, 0.1) is 5.92 Å². The molecule has 2 heterocycles. The molecule has 1 aromatic carbocycles. The first-order valence-electron chi connectivity index (χ1n) is 10.9. The highest BCUT2D eigenvalue weighted by molar-refractivity contribution is 14.0. The van der Waals surface area contributed by atoms with Crippen LogP contribution in [-0.4, -0.2) is 70.1 Å². The molecule has 3 rings (SSSR count). The zero-order valence-corrected chi connectivity index (χ0v) is 20.7. The molecule has 1 aromatic rings. The SMILES string of the molecule is CCNC(=NCCCOCC1CCOC1)N1CCOC(c2cccc(C(F)(F)F)c2)C1.I. The van der Waals surface area contributed by atoms with Gasteiger partial charge in [0.1, 0.15) is 6.10 Å². The van der Waals surface area contributed by atoms with Crippen molar-refractivity contribution in [3.05, 3.63) is 35.4 Å². The lowest BCUT2D eigenvalue weighted by Crippen LogP contribution is -2.48. The molecule has 10 heteroatoms. The Morgan fingerprint density at radius 2 is 2.16 bits per heavy atom. The Kier molecular flexibility index (Phi) is 11.5. The first kappa shape index (κ1) is 27.1. The number of hydrogen-bond acceptors (Lipinski definition) is 4. The van der Waals surface area contributed by atoms with Crippen LogP contribution in [-0.2, 0) is 20.4 Å². The number of ether oxygens (including phenoxy) is 3. The van der Waals surface area contributed by atoms with Gasteiger partial charge in [0.25, 0.3) is 0 Å². The van der Waals surface area contributed by atoms with E-state index < -0.39 is 17.8 Å². The summed E-state index contributed by atoms with van der Waals surface area (Å²) in [6.07, 6.45) is -2.93. The second kappa shape index (κ2) is 13.6. The Morgan fingerprint density at radius 1 is 1.31 bits per heavy atom. The molecule has 2 aliphatic heterocycles. The summed E-state index contributed by atoms with van der Waals surface area (Å²) in [6.45, 7) is 7.83. The topological polar surface area (TPSA) is 55.3 Å². The van der Waals surface area contributed by atoms with Gasteiger partial charge in [-0.3, -0.25) is 4.99 Å². The molecule has 0 aliphatic carbocycles. The average Bonchev–Trinajstić information content (AvgIpc) is 3.28. The van der Waals surface area contributed by atoms with E-state index in [4.69, 9.17) is 14.2 Å². The van der Waals surface area contributed by atoms with Crippen LogP contribution in [0.15, 0.2) is 29.3 Å². The third-order valence-corrected chi connectivity index (χ3v) is 5.37. The Hall–Kier alpha value is -1.11. The molecular weight excluding hydrogens is 538 g/mol. The highest BCUT2D eigenvalue weighted by atomic mass is 127. The Bertz CT molecular complexity index is 715. The van der Waals surface area contributed by atoms with E-state index in [2.05, 4.69) is 15.2 Å². The maximum absolute atomic E-state index is 13.1. The molecule has 6 nitrogen and oxygen atoms in total. The van der Waals surface area contributed by atoms with Gasteiger partial charge >= 0.3 is 6.18 Å². The number of alkyl halides is 3. The molecule has 1 N–H and O–H groups in total. The molecular formula is C22H33F3IN3O3. The fourth-order valence-electron chi connectivity index (χ4n) is 3.70. The highest BCUT2D eigenvalue weighted by Gasteiger charge is 2.32. The zero-order chi connectivity index (χ0) is 22.1. The van der Waals surface area contributed by atoms with Crippen molar-refractivity contribution in [2.24, 2.45) is 10.9 Å². The molecule has 0 radical (unpaired) electrons. The standard InChI is InChI=1S/C22H32F3N3O3.HI/c1-2-26-21(27-8-4-10-29-15-17-7-11-30-16-17)28-9-12-31-20(14-28)18-5-3-6-19(13-18)22(23,24)25;/h3,5-6,13,17,20H,2,4,7-12,14-16H2,1H3,(H,26,27);1H. The molecule has 0 saturated carbocycles. The van der Waals surface area contributed by atoms with E-state index in [0.29, 0.717) is 50.9 Å². The summed E-state index contributed by atoms with van der Waals surface area (Å²) in [5.41, 5.74) is -0.130. The highest BCUT2D eigenvalue weighted by Crippen LogP contribution is 2.32. The van der Waals surface area contributed by atoms with Gasteiger partial charge in [-0.2, -0.15) is 13.2 Å². The summed E-state index contributed by atoms with van der Waals surface area (Å²) in [4.78, 5) is 6.73. The molecule has 2 fully saturated rings. The lowest BCUT2D eigenvalue weighted by molar-refractivity contribution is -0.137. The second-order valence-electron chi connectivity index (χ2n) is 7.82. The Morgan fingerprint density at radius 3 is 2.88 bits per heavy atom. The molecule has 0 bridgehead atoms. The van der Waals surface area contributed by atoms with Gasteiger partial charge in [0, 0.05) is 38.8 Å². The van der Waals surface area contributed by atoms with Crippen LogP contribution in [0.2, 0.25) is 0 Å². The number of nitrogens with one attached hydrogen (secondary N) is 1. The van der Waals surface area contributed by atoms with Gasteiger partial charge in [0.2, 0.25) is 0 Å². The number of halogens is 4. The summed E-state index contributed by atoms with van der Waals surface area (Å²) in [7, 11) is 0. The van der Waals surface area contributed by atoms with E-state index in [1.54, 1.807) is 6.07 Å². The summed E-state index contributed by atoms with van der Waals surface area (Å²) in [6, 6.07) is 5.36. The van der Waals surface area contributed by atoms with Crippen LogP contribution in [0.1, 0.15) is 37.0 Å². The lowest BCUT2D eigenvalue weighted by Gasteiger charge is -2.35. The molecule has 2 atom stereocenters. The van der Waals surface area contributed by atoms with Crippen molar-refractivity contribution in [3.63, 3.8) is 0 Å². The van der Waals surface area contributed by atoms with E-state index in [1.807, 2.05) is 6.92 Å². The van der Waals surface area contributed by atoms with Crippen LogP contribution < -0.4 is 5.32 Å². The minimum atomic E-state index is -4.37. The van der Waals surface area contributed by atoms with Crippen molar-refractivity contribution >= 4 is 29.9 Å². The number of guanidine groups is 1. The van der Waals surface area contributed by atoms with Gasteiger partial charge in [0.15, 0.2) is 5.96 Å². The van der Waals surface area contributed by atoms with Crippen molar-refractivity contribution in [2.45, 2.75) is 32.0 Å². The van der Waals surface area contributed by atoms with Crippen LogP contribution in [0.5, 0.6) is 0 Å². The molecule has 0 amide bonds. The van der Waals surface area contributed by atoms with Crippen molar-refractivity contribution in [1.29, 1.82) is 0 Å². The van der Waals surface area contributed by atoms with Gasteiger partial charge in [-0.15, -0.1) is 24.0 Å².